The first-order valence-corrected chi connectivity index (χ1v) is 6.26. The van der Waals surface area contributed by atoms with Gasteiger partial charge >= 0.3 is 0 Å². The Morgan fingerprint density at radius 3 is 2.78 bits per heavy atom. The van der Waals surface area contributed by atoms with E-state index in [2.05, 4.69) is 5.32 Å². The molecular formula is C14H20N2O2. The Balaban J connectivity index is 2.01. The minimum atomic E-state index is -0.158. The predicted octanol–water partition coefficient (Wildman–Crippen LogP) is 1.88. The molecule has 1 amide bonds. The summed E-state index contributed by atoms with van der Waals surface area (Å²) in [7, 11) is 1.70. The Kier molecular flexibility index (Phi) is 3.57. The average molecular weight is 248 g/mol. The van der Waals surface area contributed by atoms with Crippen molar-refractivity contribution in [3.8, 4) is 0 Å². The first-order valence-electron chi connectivity index (χ1n) is 6.26. The molecule has 1 aromatic carbocycles. The normalized spacial score (nSPS) is 17.0. The summed E-state index contributed by atoms with van der Waals surface area (Å²) in [6.07, 6.45) is 3.18. The molecule has 98 valence electrons. The van der Waals surface area contributed by atoms with Gasteiger partial charge in [-0.25, -0.2) is 0 Å². The summed E-state index contributed by atoms with van der Waals surface area (Å²) < 4.78 is 5.47. The van der Waals surface area contributed by atoms with E-state index in [1.165, 1.54) is 0 Å². The van der Waals surface area contributed by atoms with Gasteiger partial charge in [-0.3, -0.25) is 4.79 Å². The number of ether oxygens (including phenoxy) is 1. The van der Waals surface area contributed by atoms with Crippen molar-refractivity contribution in [2.45, 2.75) is 31.8 Å². The van der Waals surface area contributed by atoms with E-state index in [0.29, 0.717) is 17.8 Å². The number of hydrogen-bond donors (Lipinski definition) is 2. The van der Waals surface area contributed by atoms with Gasteiger partial charge in [0.1, 0.15) is 0 Å². The van der Waals surface area contributed by atoms with E-state index in [0.717, 1.165) is 24.8 Å². The van der Waals surface area contributed by atoms with Crippen LogP contribution >= 0.6 is 0 Å². The first kappa shape index (κ1) is 12.9. The zero-order chi connectivity index (χ0) is 13.2. The molecule has 1 saturated carbocycles. The molecule has 1 aliphatic rings. The first-order chi connectivity index (χ1) is 8.56. The summed E-state index contributed by atoms with van der Waals surface area (Å²) in [6, 6.07) is 5.47. The second kappa shape index (κ2) is 4.98. The lowest BCUT2D eigenvalue weighted by Gasteiger charge is -2.40. The molecule has 3 N–H and O–H groups in total. The van der Waals surface area contributed by atoms with E-state index in [-0.39, 0.29) is 11.5 Å². The molecule has 0 spiro atoms. The van der Waals surface area contributed by atoms with Crippen LogP contribution in [0.5, 0.6) is 0 Å². The van der Waals surface area contributed by atoms with Gasteiger partial charge in [-0.1, -0.05) is 11.6 Å². The van der Waals surface area contributed by atoms with Gasteiger partial charge in [0.05, 0.1) is 11.2 Å². The number of nitrogen functional groups attached to an aromatic ring is 1. The van der Waals surface area contributed by atoms with Crippen LogP contribution < -0.4 is 11.1 Å². The fourth-order valence-corrected chi connectivity index (χ4v) is 2.23. The van der Waals surface area contributed by atoms with Gasteiger partial charge < -0.3 is 15.8 Å². The predicted molar refractivity (Wildman–Crippen MR) is 71.5 cm³/mol. The topological polar surface area (TPSA) is 64.3 Å². The summed E-state index contributed by atoms with van der Waals surface area (Å²) in [5, 5.41) is 2.92. The monoisotopic (exact) mass is 248 g/mol. The van der Waals surface area contributed by atoms with E-state index in [9.17, 15) is 4.79 Å². The van der Waals surface area contributed by atoms with Gasteiger partial charge in [-0.2, -0.15) is 0 Å². The summed E-state index contributed by atoms with van der Waals surface area (Å²) in [5.41, 5.74) is 7.74. The molecule has 2 rings (SSSR count). The van der Waals surface area contributed by atoms with Gasteiger partial charge in [-0.15, -0.1) is 0 Å². The van der Waals surface area contributed by atoms with Gasteiger partial charge in [0, 0.05) is 19.3 Å². The number of nitrogens with two attached hydrogens (primary N) is 1. The molecule has 0 aliphatic heterocycles. The number of nitrogens with one attached hydrogen (secondary N) is 1. The summed E-state index contributed by atoms with van der Waals surface area (Å²) >= 11 is 0. The third-order valence-electron chi connectivity index (χ3n) is 3.72. The van der Waals surface area contributed by atoms with Crippen LogP contribution in [0, 0.1) is 6.92 Å². The van der Waals surface area contributed by atoms with Gasteiger partial charge in [0.15, 0.2) is 0 Å². The highest BCUT2D eigenvalue weighted by atomic mass is 16.5. The highest BCUT2D eigenvalue weighted by Crippen LogP contribution is 2.34. The molecule has 1 fully saturated rings. The van der Waals surface area contributed by atoms with Crippen LogP contribution in [-0.4, -0.2) is 25.2 Å². The van der Waals surface area contributed by atoms with Crippen LogP contribution in [0.15, 0.2) is 18.2 Å². The van der Waals surface area contributed by atoms with Crippen LogP contribution in [-0.2, 0) is 4.74 Å². The summed E-state index contributed by atoms with van der Waals surface area (Å²) in [5.74, 6) is -0.125. The quantitative estimate of drug-likeness (QED) is 0.800. The van der Waals surface area contributed by atoms with E-state index in [1.54, 1.807) is 13.2 Å². The van der Waals surface area contributed by atoms with Crippen molar-refractivity contribution in [1.29, 1.82) is 0 Å². The lowest BCUT2D eigenvalue weighted by atomic mass is 9.80. The molecule has 18 heavy (non-hydrogen) atoms. The Morgan fingerprint density at radius 2 is 2.22 bits per heavy atom. The van der Waals surface area contributed by atoms with Crippen LogP contribution in [0.2, 0.25) is 0 Å². The number of rotatable bonds is 4. The Hall–Kier alpha value is -1.55. The second-order valence-electron chi connectivity index (χ2n) is 5.01. The fourth-order valence-electron chi connectivity index (χ4n) is 2.23. The Morgan fingerprint density at radius 1 is 1.50 bits per heavy atom. The van der Waals surface area contributed by atoms with Crippen LogP contribution in [0.3, 0.4) is 0 Å². The number of benzene rings is 1. The van der Waals surface area contributed by atoms with Crippen molar-refractivity contribution in [3.05, 3.63) is 29.3 Å². The number of methoxy groups -OCH3 is 1. The van der Waals surface area contributed by atoms with Crippen molar-refractivity contribution in [2.75, 3.05) is 19.4 Å². The molecular weight excluding hydrogens is 228 g/mol. The van der Waals surface area contributed by atoms with Gasteiger partial charge in [0.2, 0.25) is 0 Å². The molecule has 1 aliphatic carbocycles. The minimum Gasteiger partial charge on any atom is -0.398 e. The lowest BCUT2D eigenvalue weighted by Crippen LogP contribution is -2.49. The molecule has 0 aromatic heterocycles. The standard InChI is InChI=1S/C14H20N2O2/c1-10-4-5-12(15)11(8-10)13(17)16-9-14(18-2)6-3-7-14/h4-5,8H,3,6-7,9,15H2,1-2H3,(H,16,17). The van der Waals surface area contributed by atoms with E-state index in [1.807, 2.05) is 19.1 Å². The number of anilines is 1. The molecule has 0 heterocycles. The third-order valence-corrected chi connectivity index (χ3v) is 3.72. The van der Waals surface area contributed by atoms with E-state index in [4.69, 9.17) is 10.5 Å². The molecule has 0 bridgehead atoms. The highest BCUT2D eigenvalue weighted by molar-refractivity contribution is 5.99. The van der Waals surface area contributed by atoms with Crippen molar-refractivity contribution in [1.82, 2.24) is 5.32 Å². The number of hydrogen-bond acceptors (Lipinski definition) is 3. The number of aryl methyl sites for hydroxylation is 1. The molecule has 4 heteroatoms. The van der Waals surface area contributed by atoms with Crippen LogP contribution in [0.4, 0.5) is 5.69 Å². The smallest absolute Gasteiger partial charge is 0.253 e. The highest BCUT2D eigenvalue weighted by Gasteiger charge is 2.37. The molecule has 0 atom stereocenters. The van der Waals surface area contributed by atoms with Crippen molar-refractivity contribution < 1.29 is 9.53 Å². The SMILES string of the molecule is COC1(CNC(=O)c2cc(C)ccc2N)CCC1. The Labute approximate surface area is 108 Å². The summed E-state index contributed by atoms with van der Waals surface area (Å²) in [4.78, 5) is 12.1. The van der Waals surface area contributed by atoms with E-state index >= 15 is 0 Å². The largest absolute Gasteiger partial charge is 0.398 e. The number of carbonyl (C=O) groups is 1. The molecule has 1 aromatic rings. The van der Waals surface area contributed by atoms with Crippen molar-refractivity contribution in [2.24, 2.45) is 0 Å². The zero-order valence-electron chi connectivity index (χ0n) is 11.0. The van der Waals surface area contributed by atoms with Crippen molar-refractivity contribution >= 4 is 11.6 Å². The fraction of sp³-hybridized carbons (Fsp3) is 0.500. The van der Waals surface area contributed by atoms with Gasteiger partial charge in [0.25, 0.3) is 5.91 Å². The maximum absolute atomic E-state index is 12.1. The average Bonchev–Trinajstić information content (AvgIpc) is 2.31. The molecule has 0 saturated heterocycles. The lowest BCUT2D eigenvalue weighted by molar-refractivity contribution is -0.0679. The minimum absolute atomic E-state index is 0.125. The van der Waals surface area contributed by atoms with E-state index < -0.39 is 0 Å². The third kappa shape index (κ3) is 2.48. The van der Waals surface area contributed by atoms with Gasteiger partial charge in [-0.05, 0) is 38.3 Å². The Bertz CT molecular complexity index is 448. The molecule has 4 nitrogen and oxygen atoms in total. The van der Waals surface area contributed by atoms with Crippen LogP contribution in [0.25, 0.3) is 0 Å². The second-order valence-corrected chi connectivity index (χ2v) is 5.01. The van der Waals surface area contributed by atoms with Crippen molar-refractivity contribution in [3.63, 3.8) is 0 Å². The molecule has 0 unspecified atom stereocenters. The summed E-state index contributed by atoms with van der Waals surface area (Å²) in [6.45, 7) is 2.49. The molecule has 0 radical (unpaired) electrons. The number of amides is 1. The maximum atomic E-state index is 12.1. The maximum Gasteiger partial charge on any atom is 0.253 e. The number of carbonyl (C=O) groups excluding carboxylic acids is 1. The van der Waals surface area contributed by atoms with Crippen LogP contribution in [0.1, 0.15) is 35.2 Å². The zero-order valence-corrected chi connectivity index (χ0v) is 11.0.